The van der Waals surface area contributed by atoms with Crippen LogP contribution in [0.2, 0.25) is 0 Å². The second-order valence-electron chi connectivity index (χ2n) is 10.9. The zero-order valence-corrected chi connectivity index (χ0v) is 24.9. The molecule has 238 valence electrons. The van der Waals surface area contributed by atoms with Gasteiger partial charge in [0.25, 0.3) is 5.79 Å². The molecule has 1 saturated heterocycles. The molecule has 13 nitrogen and oxygen atoms in total. The van der Waals surface area contributed by atoms with Crippen LogP contribution in [0.4, 0.5) is 0 Å². The number of carbonyl (C=O) groups is 2. The molecular formula is C31H41N5O8. The minimum Gasteiger partial charge on any atom is -0.477 e. The molecule has 13 heteroatoms. The molecule has 1 aliphatic rings. The van der Waals surface area contributed by atoms with Crippen molar-refractivity contribution in [3.63, 3.8) is 0 Å². The number of nitrogens with zero attached hydrogens (tertiary/aromatic N) is 3. The van der Waals surface area contributed by atoms with Crippen molar-refractivity contribution in [3.05, 3.63) is 60.8 Å². The number of amides is 1. The SMILES string of the molecule is CCCNC[C@@H](O)[C@@H](O)[C@@H]1O[C@@](OCCCn2cc(-c3ccc(-c4ccccc4)cc3)nn2)(C(=O)O)C[C@H](O)[C@H]1NC(C)=O. The summed E-state index contributed by atoms with van der Waals surface area (Å²) in [7, 11) is 0. The molecule has 0 radical (unpaired) electrons. The lowest BCUT2D eigenvalue weighted by Gasteiger charge is -2.46. The number of carboxylic acid groups (broad SMARTS) is 1. The van der Waals surface area contributed by atoms with E-state index in [9.17, 15) is 30.0 Å². The Hall–Kier alpha value is -3.72. The zero-order chi connectivity index (χ0) is 31.7. The van der Waals surface area contributed by atoms with E-state index in [-0.39, 0.29) is 13.2 Å². The predicted molar refractivity (Wildman–Crippen MR) is 160 cm³/mol. The average molecular weight is 612 g/mol. The van der Waals surface area contributed by atoms with Crippen molar-refractivity contribution in [2.45, 2.75) is 75.9 Å². The first-order chi connectivity index (χ1) is 21.1. The number of aliphatic hydroxyl groups excluding tert-OH is 3. The van der Waals surface area contributed by atoms with Crippen LogP contribution in [0.15, 0.2) is 60.8 Å². The molecule has 1 amide bonds. The van der Waals surface area contributed by atoms with Gasteiger partial charge >= 0.3 is 5.97 Å². The number of hydrogen-bond acceptors (Lipinski definition) is 10. The normalized spacial score (nSPS) is 23.2. The van der Waals surface area contributed by atoms with E-state index >= 15 is 0 Å². The van der Waals surface area contributed by atoms with Crippen LogP contribution in [0.5, 0.6) is 0 Å². The molecule has 1 aliphatic heterocycles. The van der Waals surface area contributed by atoms with Gasteiger partial charge in [-0.1, -0.05) is 66.7 Å². The van der Waals surface area contributed by atoms with Crippen LogP contribution in [0, 0.1) is 0 Å². The van der Waals surface area contributed by atoms with Crippen molar-refractivity contribution < 1.29 is 39.5 Å². The van der Waals surface area contributed by atoms with Gasteiger partial charge in [0, 0.05) is 32.0 Å². The first-order valence-corrected chi connectivity index (χ1v) is 14.8. The lowest BCUT2D eigenvalue weighted by Crippen LogP contribution is -2.68. The van der Waals surface area contributed by atoms with Crippen molar-refractivity contribution >= 4 is 11.9 Å². The van der Waals surface area contributed by atoms with Gasteiger partial charge in [0.2, 0.25) is 5.91 Å². The van der Waals surface area contributed by atoms with Gasteiger partial charge in [0.15, 0.2) is 0 Å². The fraction of sp³-hybridized carbons (Fsp3) is 0.484. The van der Waals surface area contributed by atoms with Crippen molar-refractivity contribution in [1.29, 1.82) is 0 Å². The molecule has 2 heterocycles. The van der Waals surface area contributed by atoms with Crippen molar-refractivity contribution in [2.75, 3.05) is 19.7 Å². The standard InChI is InChI=1S/C31H41N5O8/c1-3-14-32-18-26(39)28(40)29-27(33-20(2)37)25(38)17-31(44-29,30(41)42)43-16-7-15-36-19-24(34-35-36)23-12-10-22(11-13-23)21-8-5-4-6-9-21/h4-6,8-13,19,25-29,32,38-40H,3,7,14-18H2,1-2H3,(H,33,37)(H,41,42)/t25-,26+,27+,28+,29+,31+/m0/s1. The van der Waals surface area contributed by atoms with Gasteiger partial charge in [-0.15, -0.1) is 5.10 Å². The lowest BCUT2D eigenvalue weighted by atomic mass is 9.88. The fourth-order valence-corrected chi connectivity index (χ4v) is 5.18. The number of aliphatic hydroxyl groups is 3. The topological polar surface area (TPSA) is 188 Å². The second-order valence-corrected chi connectivity index (χ2v) is 10.9. The van der Waals surface area contributed by atoms with Crippen LogP contribution in [-0.2, 0) is 25.6 Å². The van der Waals surface area contributed by atoms with Crippen LogP contribution in [-0.4, -0.2) is 103 Å². The van der Waals surface area contributed by atoms with Crippen LogP contribution in [0.3, 0.4) is 0 Å². The van der Waals surface area contributed by atoms with E-state index in [1.807, 2.05) is 61.5 Å². The minimum absolute atomic E-state index is 0.00422. The Morgan fingerprint density at radius 2 is 1.80 bits per heavy atom. The summed E-state index contributed by atoms with van der Waals surface area (Å²) in [4.78, 5) is 24.2. The Bertz CT molecular complexity index is 1350. The van der Waals surface area contributed by atoms with Crippen LogP contribution >= 0.6 is 0 Å². The van der Waals surface area contributed by atoms with E-state index in [1.165, 1.54) is 6.92 Å². The van der Waals surface area contributed by atoms with Gasteiger partial charge in [-0.3, -0.25) is 9.48 Å². The van der Waals surface area contributed by atoms with Gasteiger partial charge < -0.3 is 40.5 Å². The van der Waals surface area contributed by atoms with E-state index in [2.05, 4.69) is 20.9 Å². The van der Waals surface area contributed by atoms with Crippen LogP contribution in [0.1, 0.15) is 33.1 Å². The number of nitrogens with one attached hydrogen (secondary N) is 2. The smallest absolute Gasteiger partial charge is 0.364 e. The third kappa shape index (κ3) is 8.25. The summed E-state index contributed by atoms with van der Waals surface area (Å²) < 4.78 is 13.1. The molecule has 0 bridgehead atoms. The summed E-state index contributed by atoms with van der Waals surface area (Å²) in [6, 6.07) is 16.8. The lowest BCUT2D eigenvalue weighted by molar-refractivity contribution is -0.310. The van der Waals surface area contributed by atoms with Gasteiger partial charge in [-0.05, 0) is 30.5 Å². The number of hydrogen-bond donors (Lipinski definition) is 6. The number of benzene rings is 2. The molecule has 3 aromatic rings. The molecule has 0 spiro atoms. The molecule has 0 aliphatic carbocycles. The molecule has 44 heavy (non-hydrogen) atoms. The monoisotopic (exact) mass is 611 g/mol. The first-order valence-electron chi connectivity index (χ1n) is 14.8. The number of aromatic nitrogens is 3. The highest BCUT2D eigenvalue weighted by Crippen LogP contribution is 2.34. The van der Waals surface area contributed by atoms with Gasteiger partial charge in [0.1, 0.15) is 17.9 Å². The maximum absolute atomic E-state index is 12.4. The maximum atomic E-state index is 12.4. The van der Waals surface area contributed by atoms with Crippen LogP contribution in [0.25, 0.3) is 22.4 Å². The van der Waals surface area contributed by atoms with E-state index in [0.29, 0.717) is 25.2 Å². The third-order valence-electron chi connectivity index (χ3n) is 7.47. The van der Waals surface area contributed by atoms with Gasteiger partial charge in [0.05, 0.1) is 31.1 Å². The molecule has 6 N–H and O–H groups in total. The zero-order valence-electron chi connectivity index (χ0n) is 24.9. The molecule has 1 fully saturated rings. The van der Waals surface area contributed by atoms with Gasteiger partial charge in [-0.25, -0.2) is 4.79 Å². The van der Waals surface area contributed by atoms with E-state index in [0.717, 1.165) is 23.1 Å². The highest BCUT2D eigenvalue weighted by atomic mass is 16.7. The third-order valence-corrected chi connectivity index (χ3v) is 7.47. The molecule has 0 saturated carbocycles. The largest absolute Gasteiger partial charge is 0.477 e. The fourth-order valence-electron chi connectivity index (χ4n) is 5.18. The number of rotatable bonds is 15. The quantitative estimate of drug-likeness (QED) is 0.135. The van der Waals surface area contributed by atoms with E-state index in [4.69, 9.17) is 9.47 Å². The summed E-state index contributed by atoms with van der Waals surface area (Å²) in [5, 5.41) is 56.3. The Balaban J connectivity index is 1.38. The van der Waals surface area contributed by atoms with Crippen LogP contribution < -0.4 is 10.6 Å². The molecule has 6 atom stereocenters. The molecule has 1 aromatic heterocycles. The summed E-state index contributed by atoms with van der Waals surface area (Å²) in [6.45, 7) is 4.01. The van der Waals surface area contributed by atoms with Crippen molar-refractivity contribution in [3.8, 4) is 22.4 Å². The summed E-state index contributed by atoms with van der Waals surface area (Å²) in [6.07, 6.45) is -3.51. The Morgan fingerprint density at radius 1 is 1.11 bits per heavy atom. The molecule has 0 unspecified atom stereocenters. The number of carbonyl (C=O) groups excluding carboxylic acids is 1. The Labute approximate surface area is 255 Å². The van der Waals surface area contributed by atoms with E-state index < -0.39 is 54.5 Å². The molecule has 4 rings (SSSR count). The number of carboxylic acids is 1. The van der Waals surface area contributed by atoms with E-state index in [1.54, 1.807) is 10.9 Å². The summed E-state index contributed by atoms with van der Waals surface area (Å²) in [5.74, 6) is -4.34. The average Bonchev–Trinajstić information content (AvgIpc) is 3.49. The molecular weight excluding hydrogens is 570 g/mol. The second kappa shape index (κ2) is 15.3. The maximum Gasteiger partial charge on any atom is 0.364 e. The van der Waals surface area contributed by atoms with Crippen molar-refractivity contribution in [2.24, 2.45) is 0 Å². The highest BCUT2D eigenvalue weighted by Gasteiger charge is 2.55. The summed E-state index contributed by atoms with van der Waals surface area (Å²) >= 11 is 0. The predicted octanol–water partition coefficient (Wildman–Crippen LogP) is 1.18. The first kappa shape index (κ1) is 33.2. The Kier molecular flexibility index (Phi) is 11.6. The Morgan fingerprint density at radius 3 is 2.45 bits per heavy atom. The number of ether oxygens (including phenoxy) is 2. The summed E-state index contributed by atoms with van der Waals surface area (Å²) in [5.41, 5.74) is 3.77. The number of aliphatic carboxylic acids is 1. The van der Waals surface area contributed by atoms with Gasteiger partial charge in [-0.2, -0.15) is 0 Å². The number of aryl methyl sites for hydroxylation is 1. The minimum atomic E-state index is -2.31. The molecule has 2 aromatic carbocycles. The highest BCUT2D eigenvalue weighted by molar-refractivity contribution is 5.76. The van der Waals surface area contributed by atoms with Crippen molar-refractivity contribution in [1.82, 2.24) is 25.6 Å².